The highest BCUT2D eigenvalue weighted by molar-refractivity contribution is 5.85. The van der Waals surface area contributed by atoms with E-state index in [9.17, 15) is 14.3 Å². The third-order valence-electron chi connectivity index (χ3n) is 6.74. The lowest BCUT2D eigenvalue weighted by Crippen LogP contribution is -2.48. The van der Waals surface area contributed by atoms with Crippen molar-refractivity contribution in [2.45, 2.75) is 64.3 Å². The van der Waals surface area contributed by atoms with Gasteiger partial charge in [0.25, 0.3) is 0 Å². The molecule has 10 heteroatoms. The lowest BCUT2D eigenvalue weighted by atomic mass is 10.0. The molecule has 186 valence electrons. The van der Waals surface area contributed by atoms with Gasteiger partial charge in [0.05, 0.1) is 30.5 Å². The van der Waals surface area contributed by atoms with Gasteiger partial charge in [0.15, 0.2) is 17.5 Å². The first-order chi connectivity index (χ1) is 16.8. The van der Waals surface area contributed by atoms with Crippen LogP contribution in [0.2, 0.25) is 0 Å². The van der Waals surface area contributed by atoms with Crippen molar-refractivity contribution < 1.29 is 19.0 Å². The molecule has 0 amide bonds. The van der Waals surface area contributed by atoms with Gasteiger partial charge in [-0.25, -0.2) is 14.4 Å². The molecule has 2 fully saturated rings. The Morgan fingerprint density at radius 3 is 2.89 bits per heavy atom. The van der Waals surface area contributed by atoms with Crippen LogP contribution in [0.3, 0.4) is 0 Å². The highest BCUT2D eigenvalue weighted by Crippen LogP contribution is 2.31. The van der Waals surface area contributed by atoms with Crippen molar-refractivity contribution in [1.29, 1.82) is 0 Å². The zero-order valence-electron chi connectivity index (χ0n) is 20.2. The molecule has 2 bridgehead atoms. The van der Waals surface area contributed by atoms with Gasteiger partial charge in [0, 0.05) is 34.8 Å². The average Bonchev–Trinajstić information content (AvgIpc) is 3.25. The van der Waals surface area contributed by atoms with E-state index in [1.54, 1.807) is 12.1 Å². The Labute approximate surface area is 202 Å². The van der Waals surface area contributed by atoms with Crippen LogP contribution in [-0.2, 0) is 16.0 Å². The first-order valence-electron chi connectivity index (χ1n) is 11.9. The van der Waals surface area contributed by atoms with Crippen molar-refractivity contribution in [3.05, 3.63) is 51.7 Å². The van der Waals surface area contributed by atoms with Crippen LogP contribution < -0.4 is 16.1 Å². The maximum absolute atomic E-state index is 14.9. The lowest BCUT2D eigenvalue weighted by Gasteiger charge is -2.32. The Kier molecular flexibility index (Phi) is 6.30. The molecule has 4 heterocycles. The topological polar surface area (TPSA) is 111 Å². The predicted octanol–water partition coefficient (Wildman–Crippen LogP) is 2.49. The zero-order chi connectivity index (χ0) is 24.9. The molecule has 0 aliphatic carbocycles. The molecule has 4 atom stereocenters. The molecule has 2 aromatic heterocycles. The second kappa shape index (κ2) is 9.27. The number of hydrogen-bond acceptors (Lipinski definition) is 8. The second-order valence-electron chi connectivity index (χ2n) is 9.45. The molecule has 0 spiro atoms. The maximum atomic E-state index is 14.9. The maximum Gasteiger partial charge on any atom is 0.223 e. The summed E-state index contributed by atoms with van der Waals surface area (Å²) in [6.45, 7) is 6.91. The standard InChI is InChI=1S/C25H30FN5O4/c1-12(2)31-19-7-14(5-6-16(19)22(32)13(3)20(31)10-27-4)21-17(26)9-28-25(30-21)29-18-8-15-11-34-24(35-15)23(18)33/h5-7,9,12,15,18,23-24,27,33H,8,10-11H2,1-4H3,(H,28,29,30)/t15-,18+,23-,24+/m0/s1. The number of anilines is 1. The molecule has 0 saturated carbocycles. The normalized spacial score (nSPS) is 23.9. The van der Waals surface area contributed by atoms with E-state index in [0.717, 1.165) is 17.4 Å². The molecular formula is C25H30FN5O4. The number of ether oxygens (including phenoxy) is 2. The zero-order valence-corrected chi connectivity index (χ0v) is 20.2. The summed E-state index contributed by atoms with van der Waals surface area (Å²) in [4.78, 5) is 21.6. The van der Waals surface area contributed by atoms with Crippen LogP contribution in [0.5, 0.6) is 0 Å². The molecule has 3 N–H and O–H groups in total. The van der Waals surface area contributed by atoms with Crippen LogP contribution in [-0.4, -0.2) is 57.8 Å². The number of aliphatic hydroxyl groups excluding tert-OH is 1. The highest BCUT2D eigenvalue weighted by Gasteiger charge is 2.43. The number of pyridine rings is 1. The fourth-order valence-corrected chi connectivity index (χ4v) is 5.04. The van der Waals surface area contributed by atoms with Crippen LogP contribution in [0, 0.1) is 12.7 Å². The van der Waals surface area contributed by atoms with Crippen molar-refractivity contribution >= 4 is 16.9 Å². The molecular weight excluding hydrogens is 453 g/mol. The fraction of sp³-hybridized carbons (Fsp3) is 0.480. The summed E-state index contributed by atoms with van der Waals surface area (Å²) < 4.78 is 28.0. The minimum absolute atomic E-state index is 0.0374. The number of fused-ring (bicyclic) bond motifs is 3. The van der Waals surface area contributed by atoms with Gasteiger partial charge in [0.2, 0.25) is 5.95 Å². The third kappa shape index (κ3) is 4.20. The van der Waals surface area contributed by atoms with E-state index in [-0.39, 0.29) is 35.3 Å². The van der Waals surface area contributed by atoms with Crippen molar-refractivity contribution in [3.63, 3.8) is 0 Å². The molecule has 2 saturated heterocycles. The van der Waals surface area contributed by atoms with E-state index in [0.29, 0.717) is 36.1 Å². The SMILES string of the molecule is CNCc1c(C)c(=O)c2ccc(-c3nc(N[C@@H]4C[C@H]5CO[C@H](O5)[C@H]4O)ncc3F)cc2n1C(C)C. The molecule has 1 aromatic carbocycles. The van der Waals surface area contributed by atoms with Crippen LogP contribution in [0.1, 0.15) is 37.6 Å². The largest absolute Gasteiger partial charge is 0.386 e. The van der Waals surface area contributed by atoms with Crippen molar-refractivity contribution in [3.8, 4) is 11.3 Å². The number of nitrogens with one attached hydrogen (secondary N) is 2. The Bertz CT molecular complexity index is 1330. The lowest BCUT2D eigenvalue weighted by molar-refractivity contribution is -0.156. The Morgan fingerprint density at radius 1 is 1.34 bits per heavy atom. The van der Waals surface area contributed by atoms with Crippen molar-refractivity contribution in [2.24, 2.45) is 0 Å². The summed E-state index contributed by atoms with van der Waals surface area (Å²) >= 11 is 0. The fourth-order valence-electron chi connectivity index (χ4n) is 5.04. The summed E-state index contributed by atoms with van der Waals surface area (Å²) in [5.74, 6) is -0.375. The number of nitrogens with zero attached hydrogens (tertiary/aromatic N) is 3. The van der Waals surface area contributed by atoms with Crippen LogP contribution in [0.4, 0.5) is 10.3 Å². The average molecular weight is 484 g/mol. The smallest absolute Gasteiger partial charge is 0.223 e. The van der Waals surface area contributed by atoms with E-state index in [4.69, 9.17) is 9.47 Å². The van der Waals surface area contributed by atoms with Gasteiger partial charge in [-0.15, -0.1) is 0 Å². The number of hydrogen-bond donors (Lipinski definition) is 3. The molecule has 3 aromatic rings. The Balaban J connectivity index is 1.57. The van der Waals surface area contributed by atoms with Gasteiger partial charge in [-0.2, -0.15) is 0 Å². The minimum atomic E-state index is -0.888. The van der Waals surface area contributed by atoms with Crippen molar-refractivity contribution in [2.75, 3.05) is 19.0 Å². The van der Waals surface area contributed by atoms with E-state index in [1.165, 1.54) is 0 Å². The van der Waals surface area contributed by atoms with Gasteiger partial charge >= 0.3 is 0 Å². The highest BCUT2D eigenvalue weighted by atomic mass is 19.1. The Hall–Kier alpha value is -2.92. The van der Waals surface area contributed by atoms with Gasteiger partial charge < -0.3 is 29.8 Å². The van der Waals surface area contributed by atoms with Crippen LogP contribution >= 0.6 is 0 Å². The van der Waals surface area contributed by atoms with Gasteiger partial charge in [-0.3, -0.25) is 4.79 Å². The van der Waals surface area contributed by atoms with E-state index >= 15 is 0 Å². The second-order valence-corrected chi connectivity index (χ2v) is 9.45. The summed E-state index contributed by atoms with van der Waals surface area (Å²) in [6.07, 6.45) is -0.0411. The third-order valence-corrected chi connectivity index (χ3v) is 6.74. The first-order valence-corrected chi connectivity index (χ1v) is 11.9. The van der Waals surface area contributed by atoms with E-state index in [2.05, 4.69) is 39.0 Å². The van der Waals surface area contributed by atoms with Gasteiger partial charge in [-0.1, -0.05) is 6.07 Å². The number of rotatable bonds is 6. The first kappa shape index (κ1) is 23.8. The van der Waals surface area contributed by atoms with Crippen LogP contribution in [0.25, 0.3) is 22.2 Å². The van der Waals surface area contributed by atoms with Gasteiger partial charge in [-0.05, 0) is 46.4 Å². The summed E-state index contributed by atoms with van der Waals surface area (Å²) in [5, 5.41) is 17.3. The summed E-state index contributed by atoms with van der Waals surface area (Å²) in [7, 11) is 1.84. The quantitative estimate of drug-likeness (QED) is 0.491. The summed E-state index contributed by atoms with van der Waals surface area (Å²) in [6, 6.07) is 4.94. The molecule has 0 radical (unpaired) electrons. The molecule has 35 heavy (non-hydrogen) atoms. The Morgan fingerprint density at radius 2 is 2.14 bits per heavy atom. The van der Waals surface area contributed by atoms with Crippen molar-refractivity contribution in [1.82, 2.24) is 19.9 Å². The predicted molar refractivity (Wildman–Crippen MR) is 130 cm³/mol. The monoisotopic (exact) mass is 483 g/mol. The van der Waals surface area contributed by atoms with E-state index < -0.39 is 18.2 Å². The van der Waals surface area contributed by atoms with E-state index in [1.807, 2.05) is 20.0 Å². The molecule has 2 aliphatic heterocycles. The molecule has 0 unspecified atom stereocenters. The minimum Gasteiger partial charge on any atom is -0.386 e. The molecule has 9 nitrogen and oxygen atoms in total. The number of halogens is 1. The van der Waals surface area contributed by atoms with Gasteiger partial charge in [0.1, 0.15) is 11.8 Å². The number of aromatic nitrogens is 3. The molecule has 2 aliphatic rings. The number of aliphatic hydroxyl groups is 1. The number of benzene rings is 1. The van der Waals surface area contributed by atoms with Crippen LogP contribution in [0.15, 0.2) is 29.2 Å². The summed E-state index contributed by atoms with van der Waals surface area (Å²) in [5.41, 5.74) is 2.92. The molecule has 5 rings (SSSR count).